The fourth-order valence-corrected chi connectivity index (χ4v) is 2.77. The van der Waals surface area contributed by atoms with E-state index < -0.39 is 0 Å². The molecular formula is C15H24N4. The molecule has 0 amide bonds. The summed E-state index contributed by atoms with van der Waals surface area (Å²) in [6, 6.07) is 6.68. The fraction of sp³-hybridized carbons (Fsp3) is 0.533. The molecular weight excluding hydrogens is 236 g/mol. The summed E-state index contributed by atoms with van der Waals surface area (Å²) in [5.74, 6) is 1.92. The highest BCUT2D eigenvalue weighted by Crippen LogP contribution is 2.28. The van der Waals surface area contributed by atoms with Crippen molar-refractivity contribution in [3.8, 4) is 0 Å². The Bertz CT molecular complexity index is 544. The van der Waals surface area contributed by atoms with Gasteiger partial charge < -0.3 is 16.0 Å². The van der Waals surface area contributed by atoms with Gasteiger partial charge in [0.25, 0.3) is 0 Å². The minimum Gasteiger partial charge on any atom is -0.342 e. The maximum atomic E-state index is 5.94. The number of hydrogen-bond donors (Lipinski definition) is 3. The number of rotatable bonds is 5. The predicted octanol–water partition coefficient (Wildman–Crippen LogP) is 2.36. The Kier molecular flexibility index (Phi) is 4.22. The van der Waals surface area contributed by atoms with E-state index in [0.717, 1.165) is 16.9 Å². The Hall–Kier alpha value is -1.39. The molecule has 0 bridgehead atoms. The van der Waals surface area contributed by atoms with Crippen LogP contribution in [-0.4, -0.2) is 23.6 Å². The van der Waals surface area contributed by atoms with E-state index in [1.807, 2.05) is 14.0 Å². The molecule has 0 saturated heterocycles. The van der Waals surface area contributed by atoms with Crippen molar-refractivity contribution in [2.45, 2.75) is 26.8 Å². The number of H-pyrrole nitrogens is 1. The molecule has 2 atom stereocenters. The van der Waals surface area contributed by atoms with Gasteiger partial charge in [-0.3, -0.25) is 0 Å². The molecule has 4 nitrogen and oxygen atoms in total. The van der Waals surface area contributed by atoms with Crippen LogP contribution in [0.2, 0.25) is 0 Å². The summed E-state index contributed by atoms with van der Waals surface area (Å²) < 4.78 is 0. The molecule has 4 heteroatoms. The minimum absolute atomic E-state index is 0.276. The Balaban J connectivity index is 2.39. The summed E-state index contributed by atoms with van der Waals surface area (Å²) >= 11 is 0. The quantitative estimate of drug-likeness (QED) is 0.773. The Morgan fingerprint density at radius 3 is 2.68 bits per heavy atom. The molecule has 2 aromatic rings. The molecule has 0 spiro atoms. The van der Waals surface area contributed by atoms with Crippen LogP contribution in [0.1, 0.15) is 31.3 Å². The first-order valence-electron chi connectivity index (χ1n) is 6.90. The minimum atomic E-state index is 0.276. The van der Waals surface area contributed by atoms with Crippen LogP contribution in [0.4, 0.5) is 0 Å². The molecule has 19 heavy (non-hydrogen) atoms. The molecule has 0 radical (unpaired) electrons. The van der Waals surface area contributed by atoms with Crippen LogP contribution in [0.25, 0.3) is 11.0 Å². The van der Waals surface area contributed by atoms with Crippen molar-refractivity contribution in [3.63, 3.8) is 0 Å². The smallest absolute Gasteiger partial charge is 0.104 e. The van der Waals surface area contributed by atoms with Crippen molar-refractivity contribution < 1.29 is 0 Å². The lowest BCUT2D eigenvalue weighted by molar-refractivity contribution is 0.299. The van der Waals surface area contributed by atoms with E-state index in [2.05, 4.69) is 47.3 Å². The summed E-state index contributed by atoms with van der Waals surface area (Å²) in [6.07, 6.45) is 0. The van der Waals surface area contributed by atoms with Crippen LogP contribution in [0.15, 0.2) is 18.2 Å². The third-order valence-corrected chi connectivity index (χ3v) is 3.85. The number of hydrogen-bond acceptors (Lipinski definition) is 3. The maximum absolute atomic E-state index is 5.94. The second-order valence-corrected chi connectivity index (χ2v) is 5.51. The second kappa shape index (κ2) is 5.72. The van der Waals surface area contributed by atoms with Crippen molar-refractivity contribution in [1.82, 2.24) is 15.3 Å². The van der Waals surface area contributed by atoms with E-state index in [-0.39, 0.29) is 6.04 Å². The lowest BCUT2D eigenvalue weighted by Crippen LogP contribution is -2.33. The first-order chi connectivity index (χ1) is 9.06. The van der Waals surface area contributed by atoms with Gasteiger partial charge in [0, 0.05) is 6.04 Å². The topological polar surface area (TPSA) is 66.7 Å². The summed E-state index contributed by atoms with van der Waals surface area (Å²) in [7, 11) is 2.00. The van der Waals surface area contributed by atoms with E-state index in [0.29, 0.717) is 18.4 Å². The van der Waals surface area contributed by atoms with Crippen molar-refractivity contribution in [2.75, 3.05) is 13.6 Å². The number of nitrogens with one attached hydrogen (secondary N) is 2. The van der Waals surface area contributed by atoms with Gasteiger partial charge in [0.2, 0.25) is 0 Å². The predicted molar refractivity (Wildman–Crippen MR) is 80.0 cm³/mol. The molecule has 4 N–H and O–H groups in total. The summed E-state index contributed by atoms with van der Waals surface area (Å²) in [4.78, 5) is 7.73. The number of aryl methyl sites for hydroxylation is 1. The molecule has 104 valence electrons. The van der Waals surface area contributed by atoms with Crippen LogP contribution in [-0.2, 0) is 0 Å². The van der Waals surface area contributed by atoms with Crippen molar-refractivity contribution in [1.29, 1.82) is 0 Å². The van der Waals surface area contributed by atoms with Crippen LogP contribution in [0.5, 0.6) is 0 Å². The number of aromatic nitrogens is 2. The number of fused-ring (bicyclic) bond motifs is 1. The van der Waals surface area contributed by atoms with Crippen LogP contribution in [0.3, 0.4) is 0 Å². The number of nitrogens with zero attached hydrogens (tertiary/aromatic N) is 1. The van der Waals surface area contributed by atoms with Gasteiger partial charge in [-0.1, -0.05) is 19.9 Å². The molecule has 2 rings (SSSR count). The fourth-order valence-electron chi connectivity index (χ4n) is 2.77. The van der Waals surface area contributed by atoms with Crippen LogP contribution in [0, 0.1) is 18.8 Å². The third-order valence-electron chi connectivity index (χ3n) is 3.85. The average molecular weight is 260 g/mol. The molecule has 0 saturated carbocycles. The molecule has 2 unspecified atom stereocenters. The second-order valence-electron chi connectivity index (χ2n) is 5.51. The first kappa shape index (κ1) is 14.0. The van der Waals surface area contributed by atoms with E-state index in [9.17, 15) is 0 Å². The Labute approximate surface area is 114 Å². The lowest BCUT2D eigenvalue weighted by atomic mass is 9.84. The average Bonchev–Trinajstić information content (AvgIpc) is 2.74. The Morgan fingerprint density at radius 2 is 2.11 bits per heavy atom. The molecule has 0 aliphatic rings. The summed E-state index contributed by atoms with van der Waals surface area (Å²) in [5.41, 5.74) is 9.32. The zero-order chi connectivity index (χ0) is 14.0. The van der Waals surface area contributed by atoms with Gasteiger partial charge >= 0.3 is 0 Å². The van der Waals surface area contributed by atoms with E-state index in [1.165, 1.54) is 5.56 Å². The Morgan fingerprint density at radius 1 is 1.37 bits per heavy atom. The number of aromatic amines is 1. The highest BCUT2D eigenvalue weighted by molar-refractivity contribution is 5.76. The molecule has 1 aromatic heterocycles. The van der Waals surface area contributed by atoms with Gasteiger partial charge in [-0.15, -0.1) is 0 Å². The van der Waals surface area contributed by atoms with Gasteiger partial charge in [0.05, 0.1) is 11.0 Å². The molecule has 1 heterocycles. The zero-order valence-electron chi connectivity index (χ0n) is 12.2. The van der Waals surface area contributed by atoms with E-state index >= 15 is 0 Å². The van der Waals surface area contributed by atoms with Crippen LogP contribution >= 0.6 is 0 Å². The number of nitrogens with two attached hydrogens (primary N) is 1. The zero-order valence-corrected chi connectivity index (χ0v) is 12.2. The summed E-state index contributed by atoms with van der Waals surface area (Å²) in [5, 5.41) is 3.41. The van der Waals surface area contributed by atoms with Crippen molar-refractivity contribution in [2.24, 2.45) is 17.6 Å². The standard InChI is InChI=1S/C15H24N4/c1-9(2)12(8-16)15(17-4)11-5-6-13-14(7-11)19-10(3)18-13/h5-7,9,12,15,17H,8,16H2,1-4H3,(H,18,19). The lowest BCUT2D eigenvalue weighted by Gasteiger charge is -2.29. The third kappa shape index (κ3) is 2.80. The van der Waals surface area contributed by atoms with Gasteiger partial charge in [0.15, 0.2) is 0 Å². The normalized spacial score (nSPS) is 15.1. The molecule has 0 fully saturated rings. The highest BCUT2D eigenvalue weighted by Gasteiger charge is 2.23. The van der Waals surface area contributed by atoms with Gasteiger partial charge in [0.1, 0.15) is 5.82 Å². The van der Waals surface area contributed by atoms with Crippen LogP contribution < -0.4 is 11.1 Å². The van der Waals surface area contributed by atoms with E-state index in [4.69, 9.17) is 5.73 Å². The molecule has 0 aliphatic heterocycles. The van der Waals surface area contributed by atoms with Gasteiger partial charge in [-0.2, -0.15) is 0 Å². The van der Waals surface area contributed by atoms with Gasteiger partial charge in [-0.05, 0) is 50.0 Å². The molecule has 0 aliphatic carbocycles. The SMILES string of the molecule is CNC(c1ccc2nc(C)[nH]c2c1)C(CN)C(C)C. The van der Waals surface area contributed by atoms with E-state index in [1.54, 1.807) is 0 Å². The van der Waals surface area contributed by atoms with Crippen molar-refractivity contribution >= 4 is 11.0 Å². The molecule has 1 aromatic carbocycles. The van der Waals surface area contributed by atoms with Crippen molar-refractivity contribution in [3.05, 3.63) is 29.6 Å². The maximum Gasteiger partial charge on any atom is 0.104 e. The number of imidazole rings is 1. The largest absolute Gasteiger partial charge is 0.342 e. The first-order valence-corrected chi connectivity index (χ1v) is 6.90. The number of benzene rings is 1. The monoisotopic (exact) mass is 260 g/mol. The highest BCUT2D eigenvalue weighted by atomic mass is 14.9. The summed E-state index contributed by atoms with van der Waals surface area (Å²) in [6.45, 7) is 7.11. The van der Waals surface area contributed by atoms with Gasteiger partial charge in [-0.25, -0.2) is 4.98 Å².